The summed E-state index contributed by atoms with van der Waals surface area (Å²) >= 11 is 3.60. The van der Waals surface area contributed by atoms with E-state index in [1.807, 2.05) is 46.3 Å². The van der Waals surface area contributed by atoms with Crippen LogP contribution in [0.25, 0.3) is 0 Å². The highest BCUT2D eigenvalue weighted by Crippen LogP contribution is 2.46. The van der Waals surface area contributed by atoms with E-state index in [0.717, 1.165) is 35.9 Å². The second-order valence-corrected chi connectivity index (χ2v) is 8.65. The number of nitrogens with zero attached hydrogens (tertiary/aromatic N) is 2. The first-order valence-corrected chi connectivity index (χ1v) is 9.60. The van der Waals surface area contributed by atoms with Gasteiger partial charge in [0, 0.05) is 36.3 Å². The molecular formula is C17H18N2O2S2. The summed E-state index contributed by atoms with van der Waals surface area (Å²) in [6.45, 7) is 1.71. The standard InChI is InChI=1S/C17H18N2O2S2/c20-16(7-15-4-2-6-22-15)19-11-17(12-19)8-14(10-23-17)21-13-3-1-5-18-9-13/h1-6,9,14H,7-8,10-12H2/t14-/m1/s1. The third-order valence-corrected chi connectivity index (χ3v) is 6.78. The number of carbonyl (C=O) groups excluding carboxylic acids is 1. The molecule has 2 aliphatic heterocycles. The molecule has 4 rings (SSSR count). The first kappa shape index (κ1) is 15.0. The Morgan fingerprint density at radius 1 is 1.39 bits per heavy atom. The van der Waals surface area contributed by atoms with E-state index >= 15 is 0 Å². The van der Waals surface area contributed by atoms with E-state index in [1.165, 1.54) is 0 Å². The smallest absolute Gasteiger partial charge is 0.227 e. The predicted octanol–water partition coefficient (Wildman–Crippen LogP) is 2.85. The first-order chi connectivity index (χ1) is 11.2. The lowest BCUT2D eigenvalue weighted by Crippen LogP contribution is -2.61. The molecule has 0 aliphatic carbocycles. The fourth-order valence-corrected chi connectivity index (χ4v) is 5.43. The Kier molecular flexibility index (Phi) is 4.03. The molecule has 4 nitrogen and oxygen atoms in total. The molecule has 0 saturated carbocycles. The maximum absolute atomic E-state index is 12.3. The molecule has 2 aromatic rings. The average molecular weight is 346 g/mol. The van der Waals surface area contributed by atoms with Crippen molar-refractivity contribution in [3.05, 3.63) is 46.9 Å². The Labute approximate surface area is 143 Å². The molecule has 2 aliphatic rings. The molecular weight excluding hydrogens is 328 g/mol. The second-order valence-electron chi connectivity index (χ2n) is 6.13. The molecule has 2 saturated heterocycles. The van der Waals surface area contributed by atoms with Gasteiger partial charge in [0.25, 0.3) is 0 Å². The molecule has 6 heteroatoms. The molecule has 120 valence electrons. The monoisotopic (exact) mass is 346 g/mol. The molecule has 1 spiro atoms. The number of thiophene rings is 1. The lowest BCUT2D eigenvalue weighted by atomic mass is 9.92. The summed E-state index contributed by atoms with van der Waals surface area (Å²) in [7, 11) is 0. The van der Waals surface area contributed by atoms with Crippen LogP contribution in [0.15, 0.2) is 42.0 Å². The minimum Gasteiger partial charge on any atom is -0.488 e. The number of aromatic nitrogens is 1. The van der Waals surface area contributed by atoms with Crippen LogP contribution in [0.2, 0.25) is 0 Å². The van der Waals surface area contributed by atoms with Crippen LogP contribution in [0.5, 0.6) is 5.75 Å². The van der Waals surface area contributed by atoms with Crippen LogP contribution < -0.4 is 4.74 Å². The summed E-state index contributed by atoms with van der Waals surface area (Å²) in [5.74, 6) is 2.07. The third kappa shape index (κ3) is 3.23. The Morgan fingerprint density at radius 2 is 2.30 bits per heavy atom. The number of amides is 1. The highest BCUT2D eigenvalue weighted by molar-refractivity contribution is 8.01. The van der Waals surface area contributed by atoms with Gasteiger partial charge in [-0.25, -0.2) is 0 Å². The Hall–Kier alpha value is -1.53. The molecule has 1 atom stereocenters. The minimum absolute atomic E-state index is 0.206. The normalized spacial score (nSPS) is 22.1. The van der Waals surface area contributed by atoms with Gasteiger partial charge < -0.3 is 9.64 Å². The Bertz CT molecular complexity index is 669. The zero-order valence-corrected chi connectivity index (χ0v) is 14.3. The second kappa shape index (κ2) is 6.17. The number of hydrogen-bond acceptors (Lipinski definition) is 5. The highest BCUT2D eigenvalue weighted by atomic mass is 32.2. The van der Waals surface area contributed by atoms with Gasteiger partial charge in [0.15, 0.2) is 0 Å². The van der Waals surface area contributed by atoms with Gasteiger partial charge in [0.2, 0.25) is 5.91 Å². The highest BCUT2D eigenvalue weighted by Gasteiger charge is 2.51. The van der Waals surface area contributed by atoms with Crippen molar-refractivity contribution in [3.63, 3.8) is 0 Å². The van der Waals surface area contributed by atoms with Crippen LogP contribution in [-0.4, -0.2) is 45.5 Å². The van der Waals surface area contributed by atoms with E-state index < -0.39 is 0 Å². The maximum Gasteiger partial charge on any atom is 0.227 e. The number of hydrogen-bond donors (Lipinski definition) is 0. The lowest BCUT2D eigenvalue weighted by molar-refractivity contribution is -0.135. The van der Waals surface area contributed by atoms with Gasteiger partial charge in [-0.1, -0.05) is 6.07 Å². The molecule has 0 N–H and O–H groups in total. The lowest BCUT2D eigenvalue weighted by Gasteiger charge is -2.47. The maximum atomic E-state index is 12.3. The molecule has 0 unspecified atom stereocenters. The topological polar surface area (TPSA) is 42.4 Å². The zero-order chi connectivity index (χ0) is 15.7. The molecule has 1 amide bonds. The Balaban J connectivity index is 1.28. The first-order valence-electron chi connectivity index (χ1n) is 7.73. The predicted molar refractivity (Wildman–Crippen MR) is 93.1 cm³/mol. The van der Waals surface area contributed by atoms with Crippen molar-refractivity contribution in [2.75, 3.05) is 18.8 Å². The molecule has 4 heterocycles. The van der Waals surface area contributed by atoms with Crippen LogP contribution in [-0.2, 0) is 11.2 Å². The van der Waals surface area contributed by atoms with Crippen LogP contribution in [0.4, 0.5) is 0 Å². The van der Waals surface area contributed by atoms with Gasteiger partial charge in [-0.3, -0.25) is 9.78 Å². The number of ether oxygens (including phenoxy) is 1. The van der Waals surface area contributed by atoms with E-state index in [-0.39, 0.29) is 16.8 Å². The number of rotatable bonds is 4. The van der Waals surface area contributed by atoms with E-state index in [2.05, 4.69) is 4.98 Å². The average Bonchev–Trinajstić information content (AvgIpc) is 3.16. The zero-order valence-electron chi connectivity index (χ0n) is 12.7. The van der Waals surface area contributed by atoms with Gasteiger partial charge in [-0.15, -0.1) is 23.1 Å². The third-order valence-electron chi connectivity index (χ3n) is 4.33. The van der Waals surface area contributed by atoms with Crippen LogP contribution in [0.3, 0.4) is 0 Å². The summed E-state index contributed by atoms with van der Waals surface area (Å²) < 4.78 is 6.21. The molecule has 2 fully saturated rings. The summed E-state index contributed by atoms with van der Waals surface area (Å²) in [6.07, 6.45) is 5.27. The van der Waals surface area contributed by atoms with Crippen molar-refractivity contribution < 1.29 is 9.53 Å². The van der Waals surface area contributed by atoms with Crippen molar-refractivity contribution >= 4 is 29.0 Å². The molecule has 23 heavy (non-hydrogen) atoms. The van der Waals surface area contributed by atoms with Crippen molar-refractivity contribution in [2.24, 2.45) is 0 Å². The number of carbonyl (C=O) groups is 1. The van der Waals surface area contributed by atoms with Gasteiger partial charge in [0.1, 0.15) is 11.9 Å². The molecule has 0 aromatic carbocycles. The van der Waals surface area contributed by atoms with Gasteiger partial charge >= 0.3 is 0 Å². The fourth-order valence-electron chi connectivity index (χ4n) is 3.21. The molecule has 2 aromatic heterocycles. The van der Waals surface area contributed by atoms with Crippen molar-refractivity contribution in [1.29, 1.82) is 0 Å². The van der Waals surface area contributed by atoms with E-state index in [4.69, 9.17) is 4.74 Å². The van der Waals surface area contributed by atoms with Gasteiger partial charge in [0.05, 0.1) is 17.4 Å². The van der Waals surface area contributed by atoms with Crippen molar-refractivity contribution in [2.45, 2.75) is 23.7 Å². The fraction of sp³-hybridized carbons (Fsp3) is 0.412. The summed E-state index contributed by atoms with van der Waals surface area (Å²) in [5.41, 5.74) is 0. The van der Waals surface area contributed by atoms with Crippen molar-refractivity contribution in [1.82, 2.24) is 9.88 Å². The van der Waals surface area contributed by atoms with Gasteiger partial charge in [-0.05, 0) is 23.6 Å². The van der Waals surface area contributed by atoms with Crippen LogP contribution in [0, 0.1) is 0 Å². The van der Waals surface area contributed by atoms with E-state index in [1.54, 1.807) is 23.7 Å². The molecule has 0 bridgehead atoms. The van der Waals surface area contributed by atoms with Gasteiger partial charge in [-0.2, -0.15) is 0 Å². The molecule has 0 radical (unpaired) electrons. The summed E-state index contributed by atoms with van der Waals surface area (Å²) in [6, 6.07) is 7.86. The summed E-state index contributed by atoms with van der Waals surface area (Å²) in [5, 5.41) is 2.02. The van der Waals surface area contributed by atoms with Crippen molar-refractivity contribution in [3.8, 4) is 5.75 Å². The summed E-state index contributed by atoms with van der Waals surface area (Å²) in [4.78, 5) is 19.5. The SMILES string of the molecule is O=C(Cc1cccs1)N1CC2(C[C@@H](Oc3cccnc3)CS2)C1. The largest absolute Gasteiger partial charge is 0.488 e. The number of pyridine rings is 1. The minimum atomic E-state index is 0.206. The Morgan fingerprint density at radius 3 is 3.04 bits per heavy atom. The van der Waals surface area contributed by atoms with E-state index in [0.29, 0.717) is 6.42 Å². The number of likely N-dealkylation sites (tertiary alicyclic amines) is 1. The van der Waals surface area contributed by atoms with E-state index in [9.17, 15) is 4.79 Å². The van der Waals surface area contributed by atoms with Crippen LogP contribution >= 0.6 is 23.1 Å². The number of thioether (sulfide) groups is 1. The quantitative estimate of drug-likeness (QED) is 0.854. The van der Waals surface area contributed by atoms with Crippen LogP contribution in [0.1, 0.15) is 11.3 Å².